The van der Waals surface area contributed by atoms with Gasteiger partial charge in [-0.2, -0.15) is 18.3 Å². The number of rotatable bonds is 2. The molecule has 29 heavy (non-hydrogen) atoms. The Morgan fingerprint density at radius 3 is 2.66 bits per heavy atom. The number of fused-ring (bicyclic) bond motifs is 1. The highest BCUT2D eigenvalue weighted by Gasteiger charge is 2.38. The molecule has 9 heteroatoms. The number of alkyl halides is 3. The molecule has 0 unspecified atom stereocenters. The Hall–Kier alpha value is -3.10. The SMILES string of the molecule is C[C@@H]1CCCN(C(=O)c2cc(-c3ccc(O)cc3)nc3n[nH]c(C(F)(F)F)c23)C1. The molecule has 3 heterocycles. The smallest absolute Gasteiger partial charge is 0.433 e. The summed E-state index contributed by atoms with van der Waals surface area (Å²) in [5.41, 5.74) is -0.455. The topological polar surface area (TPSA) is 82.1 Å². The predicted molar refractivity (Wildman–Crippen MR) is 100 cm³/mol. The average molecular weight is 404 g/mol. The molecule has 1 aliphatic rings. The third-order valence-corrected chi connectivity index (χ3v) is 5.15. The molecule has 1 fully saturated rings. The fraction of sp³-hybridized carbons (Fsp3) is 0.350. The van der Waals surface area contributed by atoms with Crippen molar-refractivity contribution in [2.75, 3.05) is 13.1 Å². The molecule has 0 aliphatic carbocycles. The highest BCUT2D eigenvalue weighted by Crippen LogP contribution is 2.36. The number of carbonyl (C=O) groups excluding carboxylic acids is 1. The molecule has 2 N–H and O–H groups in total. The molecule has 0 bridgehead atoms. The van der Waals surface area contributed by atoms with E-state index in [0.29, 0.717) is 24.3 Å². The van der Waals surface area contributed by atoms with Gasteiger partial charge < -0.3 is 10.0 Å². The normalized spacial score (nSPS) is 17.7. The lowest BCUT2D eigenvalue weighted by atomic mass is 9.98. The molecule has 0 radical (unpaired) electrons. The molecule has 0 saturated carbocycles. The van der Waals surface area contributed by atoms with Crippen molar-refractivity contribution >= 4 is 16.9 Å². The van der Waals surface area contributed by atoms with Crippen molar-refractivity contribution < 1.29 is 23.1 Å². The molecule has 0 spiro atoms. The summed E-state index contributed by atoms with van der Waals surface area (Å²) in [6.07, 6.45) is -2.90. The van der Waals surface area contributed by atoms with E-state index in [-0.39, 0.29) is 28.3 Å². The van der Waals surface area contributed by atoms with Crippen LogP contribution in [0.5, 0.6) is 5.75 Å². The summed E-state index contributed by atoms with van der Waals surface area (Å²) in [6.45, 7) is 3.01. The van der Waals surface area contributed by atoms with Crippen LogP contribution in [-0.2, 0) is 6.18 Å². The molecule has 4 rings (SSSR count). The van der Waals surface area contributed by atoms with Crippen LogP contribution in [-0.4, -0.2) is 44.2 Å². The molecule has 1 atom stereocenters. The van der Waals surface area contributed by atoms with E-state index in [0.717, 1.165) is 12.8 Å². The number of likely N-dealkylation sites (tertiary alicyclic amines) is 1. The van der Waals surface area contributed by atoms with Gasteiger partial charge in [-0.05, 0) is 49.1 Å². The number of nitrogens with zero attached hydrogens (tertiary/aromatic N) is 3. The number of hydrogen-bond acceptors (Lipinski definition) is 4. The number of pyridine rings is 1. The first-order valence-electron chi connectivity index (χ1n) is 9.29. The second kappa shape index (κ2) is 7.06. The van der Waals surface area contributed by atoms with Gasteiger partial charge in [0.05, 0.1) is 16.6 Å². The minimum absolute atomic E-state index is 0.0487. The first kappa shape index (κ1) is 19.2. The van der Waals surface area contributed by atoms with Gasteiger partial charge >= 0.3 is 6.18 Å². The van der Waals surface area contributed by atoms with E-state index >= 15 is 0 Å². The van der Waals surface area contributed by atoms with Crippen LogP contribution in [0.25, 0.3) is 22.3 Å². The Balaban J connectivity index is 1.89. The predicted octanol–water partition coefficient (Wildman–Crippen LogP) is 4.22. The van der Waals surface area contributed by atoms with Crippen LogP contribution in [0.1, 0.15) is 35.8 Å². The van der Waals surface area contributed by atoms with Crippen molar-refractivity contribution in [3.63, 3.8) is 0 Å². The number of aromatic nitrogens is 3. The van der Waals surface area contributed by atoms with E-state index in [2.05, 4.69) is 10.1 Å². The number of hydrogen-bond donors (Lipinski definition) is 2. The highest BCUT2D eigenvalue weighted by atomic mass is 19.4. The highest BCUT2D eigenvalue weighted by molar-refractivity contribution is 6.07. The number of H-pyrrole nitrogens is 1. The van der Waals surface area contributed by atoms with E-state index in [1.165, 1.54) is 18.2 Å². The maximum atomic E-state index is 13.5. The summed E-state index contributed by atoms with van der Waals surface area (Å²) in [4.78, 5) is 19.0. The third kappa shape index (κ3) is 3.64. The number of halogens is 3. The quantitative estimate of drug-likeness (QED) is 0.670. The zero-order chi connectivity index (χ0) is 20.8. The van der Waals surface area contributed by atoms with Gasteiger partial charge in [0.2, 0.25) is 0 Å². The maximum Gasteiger partial charge on any atom is 0.433 e. The molecule has 152 valence electrons. The first-order valence-corrected chi connectivity index (χ1v) is 9.29. The van der Waals surface area contributed by atoms with Crippen molar-refractivity contribution in [3.8, 4) is 17.0 Å². The lowest BCUT2D eigenvalue weighted by Crippen LogP contribution is -2.39. The van der Waals surface area contributed by atoms with Gasteiger partial charge in [-0.3, -0.25) is 9.89 Å². The van der Waals surface area contributed by atoms with Gasteiger partial charge in [0, 0.05) is 18.7 Å². The van der Waals surface area contributed by atoms with Crippen LogP contribution in [0.15, 0.2) is 30.3 Å². The van der Waals surface area contributed by atoms with Crippen LogP contribution >= 0.6 is 0 Å². The maximum absolute atomic E-state index is 13.5. The summed E-state index contributed by atoms with van der Waals surface area (Å²) in [5, 5.41) is 14.9. The Morgan fingerprint density at radius 2 is 2.00 bits per heavy atom. The fourth-order valence-corrected chi connectivity index (χ4v) is 3.72. The number of aromatic hydroxyl groups is 1. The summed E-state index contributed by atoms with van der Waals surface area (Å²) < 4.78 is 40.5. The zero-order valence-corrected chi connectivity index (χ0v) is 15.6. The fourth-order valence-electron chi connectivity index (χ4n) is 3.72. The molecule has 1 aliphatic heterocycles. The minimum Gasteiger partial charge on any atom is -0.508 e. The lowest BCUT2D eigenvalue weighted by molar-refractivity contribution is -0.139. The Bertz CT molecular complexity index is 1060. The third-order valence-electron chi connectivity index (χ3n) is 5.15. The molecular formula is C20H19F3N4O2. The van der Waals surface area contributed by atoms with E-state index in [1.807, 2.05) is 12.0 Å². The summed E-state index contributed by atoms with van der Waals surface area (Å²) >= 11 is 0. The van der Waals surface area contributed by atoms with Crippen LogP contribution in [0.4, 0.5) is 13.2 Å². The van der Waals surface area contributed by atoms with Crippen LogP contribution in [0, 0.1) is 5.92 Å². The van der Waals surface area contributed by atoms with E-state index in [9.17, 15) is 23.1 Å². The second-order valence-electron chi connectivity index (χ2n) is 7.40. The van der Waals surface area contributed by atoms with Crippen molar-refractivity contribution in [3.05, 3.63) is 41.6 Å². The van der Waals surface area contributed by atoms with Gasteiger partial charge in [-0.25, -0.2) is 4.98 Å². The number of aromatic amines is 1. The number of phenolic OH excluding ortho intramolecular Hbond substituents is 1. The molecule has 1 aromatic carbocycles. The molecule has 3 aromatic rings. The lowest BCUT2D eigenvalue weighted by Gasteiger charge is -2.31. The number of nitrogens with one attached hydrogen (secondary N) is 1. The largest absolute Gasteiger partial charge is 0.508 e. The molecule has 1 amide bonds. The standard InChI is InChI=1S/C20H19F3N4O2/c1-11-3-2-8-27(10-11)19(29)14-9-15(12-4-6-13(28)7-5-12)24-18-16(14)17(25-26-18)20(21,22)23/h4-7,9,11,28H,2-3,8,10H2,1H3,(H,24,25,26)/t11-/m1/s1. The number of amides is 1. The van der Waals surface area contributed by atoms with E-state index < -0.39 is 17.8 Å². The van der Waals surface area contributed by atoms with E-state index in [4.69, 9.17) is 0 Å². The van der Waals surface area contributed by atoms with Crippen molar-refractivity contribution in [1.82, 2.24) is 20.1 Å². The molecular weight excluding hydrogens is 385 g/mol. The Kier molecular flexibility index (Phi) is 4.68. The average Bonchev–Trinajstić information content (AvgIpc) is 3.12. The second-order valence-corrected chi connectivity index (χ2v) is 7.40. The Labute approximate surface area is 164 Å². The van der Waals surface area contributed by atoms with Crippen LogP contribution in [0.2, 0.25) is 0 Å². The zero-order valence-electron chi connectivity index (χ0n) is 15.6. The minimum atomic E-state index is -4.69. The van der Waals surface area contributed by atoms with Gasteiger partial charge in [0.25, 0.3) is 5.91 Å². The number of benzene rings is 1. The van der Waals surface area contributed by atoms with Crippen molar-refractivity contribution in [2.24, 2.45) is 5.92 Å². The molecule has 1 saturated heterocycles. The van der Waals surface area contributed by atoms with Crippen LogP contribution in [0.3, 0.4) is 0 Å². The van der Waals surface area contributed by atoms with Crippen molar-refractivity contribution in [2.45, 2.75) is 25.9 Å². The number of phenols is 1. The van der Waals surface area contributed by atoms with Gasteiger partial charge in [0.15, 0.2) is 5.65 Å². The monoisotopic (exact) mass is 404 g/mol. The Morgan fingerprint density at radius 1 is 1.28 bits per heavy atom. The van der Waals surface area contributed by atoms with Gasteiger partial charge in [-0.15, -0.1) is 0 Å². The summed E-state index contributed by atoms with van der Waals surface area (Å²) in [5.74, 6) is -0.128. The number of carbonyl (C=O) groups is 1. The molecule has 6 nitrogen and oxygen atoms in total. The summed E-state index contributed by atoms with van der Waals surface area (Å²) in [7, 11) is 0. The summed E-state index contributed by atoms with van der Waals surface area (Å²) in [6, 6.07) is 7.43. The van der Waals surface area contributed by atoms with E-state index in [1.54, 1.807) is 17.0 Å². The van der Waals surface area contributed by atoms with Gasteiger partial charge in [0.1, 0.15) is 11.4 Å². The molecule has 2 aromatic heterocycles. The number of piperidine rings is 1. The van der Waals surface area contributed by atoms with Crippen LogP contribution < -0.4 is 0 Å². The first-order chi connectivity index (χ1) is 13.7. The van der Waals surface area contributed by atoms with Gasteiger partial charge in [-0.1, -0.05) is 6.92 Å². The van der Waals surface area contributed by atoms with Crippen molar-refractivity contribution in [1.29, 1.82) is 0 Å².